The molecule has 0 aliphatic carbocycles. The lowest BCUT2D eigenvalue weighted by Crippen LogP contribution is -2.55. The summed E-state index contributed by atoms with van der Waals surface area (Å²) >= 11 is 5.80. The third-order valence-corrected chi connectivity index (χ3v) is 7.02. The first-order valence-corrected chi connectivity index (χ1v) is 12.2. The number of nitrogens with zero attached hydrogens (tertiary/aromatic N) is 2. The van der Waals surface area contributed by atoms with Crippen LogP contribution in [0.25, 0.3) is 0 Å². The second-order valence-corrected chi connectivity index (χ2v) is 9.81. The zero-order valence-corrected chi connectivity index (χ0v) is 19.4. The minimum atomic E-state index is -3.84. The van der Waals surface area contributed by atoms with Crippen molar-refractivity contribution in [3.8, 4) is 0 Å². The molecule has 1 aliphatic rings. The molecular weight excluding hydrogens is 452 g/mol. The summed E-state index contributed by atoms with van der Waals surface area (Å²) in [4.78, 5) is 28.6. The van der Waals surface area contributed by atoms with Gasteiger partial charge in [0.15, 0.2) is 0 Å². The van der Waals surface area contributed by atoms with Crippen molar-refractivity contribution in [3.05, 3.63) is 65.2 Å². The van der Waals surface area contributed by atoms with Gasteiger partial charge in [0.25, 0.3) is 0 Å². The Morgan fingerprint density at radius 1 is 1.00 bits per heavy atom. The molecule has 0 aromatic heterocycles. The SMILES string of the molecule is C[C@H](NS(=O)(=O)c1ccc(Cl)cc1)C(=O)N1CCN(CC(=O)NCc2ccccc2)CC1. The van der Waals surface area contributed by atoms with Gasteiger partial charge in [-0.3, -0.25) is 14.5 Å². The molecular formula is C22H27ClN4O4S. The van der Waals surface area contributed by atoms with Crippen LogP contribution in [-0.2, 0) is 26.2 Å². The number of hydrogen-bond acceptors (Lipinski definition) is 5. The normalized spacial score (nSPS) is 15.9. The van der Waals surface area contributed by atoms with E-state index in [0.29, 0.717) is 37.7 Å². The molecule has 0 bridgehead atoms. The van der Waals surface area contributed by atoms with Gasteiger partial charge in [-0.2, -0.15) is 4.72 Å². The van der Waals surface area contributed by atoms with Crippen LogP contribution >= 0.6 is 11.6 Å². The zero-order valence-electron chi connectivity index (χ0n) is 17.8. The van der Waals surface area contributed by atoms with E-state index in [0.717, 1.165) is 5.56 Å². The van der Waals surface area contributed by atoms with Crippen molar-refractivity contribution in [2.75, 3.05) is 32.7 Å². The highest BCUT2D eigenvalue weighted by atomic mass is 35.5. The fourth-order valence-electron chi connectivity index (χ4n) is 3.42. The molecule has 32 heavy (non-hydrogen) atoms. The van der Waals surface area contributed by atoms with Gasteiger partial charge in [0, 0.05) is 37.7 Å². The summed E-state index contributed by atoms with van der Waals surface area (Å²) in [5.74, 6) is -0.367. The fourth-order valence-corrected chi connectivity index (χ4v) is 4.74. The van der Waals surface area contributed by atoms with Crippen LogP contribution in [0.15, 0.2) is 59.5 Å². The summed E-state index contributed by atoms with van der Waals surface area (Å²) in [5, 5.41) is 3.33. The molecule has 3 rings (SSSR count). The van der Waals surface area contributed by atoms with Crippen molar-refractivity contribution in [2.45, 2.75) is 24.4 Å². The fraction of sp³-hybridized carbons (Fsp3) is 0.364. The minimum absolute atomic E-state index is 0.0490. The highest BCUT2D eigenvalue weighted by molar-refractivity contribution is 7.89. The van der Waals surface area contributed by atoms with Crippen molar-refractivity contribution < 1.29 is 18.0 Å². The molecule has 2 N–H and O–H groups in total. The van der Waals surface area contributed by atoms with Gasteiger partial charge >= 0.3 is 0 Å². The smallest absolute Gasteiger partial charge is 0.241 e. The molecule has 1 fully saturated rings. The van der Waals surface area contributed by atoms with Crippen molar-refractivity contribution in [3.63, 3.8) is 0 Å². The van der Waals surface area contributed by atoms with Crippen LogP contribution in [-0.4, -0.2) is 68.8 Å². The Bertz CT molecular complexity index is 1020. The van der Waals surface area contributed by atoms with Gasteiger partial charge in [-0.1, -0.05) is 41.9 Å². The van der Waals surface area contributed by atoms with Gasteiger partial charge < -0.3 is 10.2 Å². The molecule has 1 saturated heterocycles. The zero-order chi connectivity index (χ0) is 23.1. The van der Waals surface area contributed by atoms with Gasteiger partial charge in [-0.05, 0) is 36.8 Å². The molecule has 0 spiro atoms. The predicted octanol–water partition coefficient (Wildman–Crippen LogP) is 1.47. The molecule has 1 atom stereocenters. The standard InChI is InChI=1S/C22H27ClN4O4S/c1-17(25-32(30,31)20-9-7-19(23)8-10-20)22(29)27-13-11-26(12-14-27)16-21(28)24-15-18-5-3-2-4-6-18/h2-10,17,25H,11-16H2,1H3,(H,24,28)/t17-/m0/s1. The molecule has 1 heterocycles. The molecule has 172 valence electrons. The van der Waals surface area contributed by atoms with Crippen LogP contribution in [0.4, 0.5) is 0 Å². The van der Waals surface area contributed by atoms with Crippen LogP contribution in [0.3, 0.4) is 0 Å². The molecule has 1 aliphatic heterocycles. The first-order chi connectivity index (χ1) is 15.2. The first-order valence-electron chi connectivity index (χ1n) is 10.3. The minimum Gasteiger partial charge on any atom is -0.351 e. The van der Waals surface area contributed by atoms with Crippen LogP contribution < -0.4 is 10.0 Å². The van der Waals surface area contributed by atoms with Gasteiger partial charge in [-0.15, -0.1) is 0 Å². The first kappa shape index (κ1) is 24.2. The number of sulfonamides is 1. The molecule has 2 amide bonds. The highest BCUT2D eigenvalue weighted by Crippen LogP contribution is 2.15. The predicted molar refractivity (Wildman–Crippen MR) is 123 cm³/mol. The van der Waals surface area contributed by atoms with Crippen molar-refractivity contribution in [2.24, 2.45) is 0 Å². The van der Waals surface area contributed by atoms with E-state index in [-0.39, 0.29) is 23.3 Å². The lowest BCUT2D eigenvalue weighted by molar-refractivity contribution is -0.134. The van der Waals surface area contributed by atoms with E-state index >= 15 is 0 Å². The van der Waals surface area contributed by atoms with Crippen LogP contribution in [0.2, 0.25) is 5.02 Å². The maximum Gasteiger partial charge on any atom is 0.241 e. The lowest BCUT2D eigenvalue weighted by Gasteiger charge is -2.35. The Kier molecular flexibility index (Phi) is 8.25. The molecule has 2 aromatic carbocycles. The number of carbonyl (C=O) groups is 2. The quantitative estimate of drug-likeness (QED) is 0.598. The Balaban J connectivity index is 1.44. The summed E-state index contributed by atoms with van der Waals surface area (Å²) < 4.78 is 27.4. The molecule has 0 saturated carbocycles. The van der Waals surface area contributed by atoms with Gasteiger partial charge in [0.1, 0.15) is 0 Å². The second-order valence-electron chi connectivity index (χ2n) is 7.66. The topological polar surface area (TPSA) is 98.8 Å². The van der Waals surface area contributed by atoms with Crippen molar-refractivity contribution in [1.29, 1.82) is 0 Å². The number of benzene rings is 2. The van der Waals surface area contributed by atoms with Crippen molar-refractivity contribution in [1.82, 2.24) is 19.8 Å². The third kappa shape index (κ3) is 6.77. The van der Waals surface area contributed by atoms with E-state index in [1.807, 2.05) is 35.2 Å². The summed E-state index contributed by atoms with van der Waals surface area (Å²) in [6.07, 6.45) is 0. The number of hydrogen-bond donors (Lipinski definition) is 2. The number of piperazine rings is 1. The largest absolute Gasteiger partial charge is 0.351 e. The van der Waals surface area contributed by atoms with E-state index in [9.17, 15) is 18.0 Å². The van der Waals surface area contributed by atoms with Crippen LogP contribution in [0.5, 0.6) is 0 Å². The number of halogens is 1. The Morgan fingerprint density at radius 3 is 2.25 bits per heavy atom. The average molecular weight is 479 g/mol. The van der Waals surface area contributed by atoms with E-state index in [1.165, 1.54) is 31.2 Å². The summed E-state index contributed by atoms with van der Waals surface area (Å²) in [6, 6.07) is 14.5. The van der Waals surface area contributed by atoms with Gasteiger partial charge in [-0.25, -0.2) is 8.42 Å². The van der Waals surface area contributed by atoms with Crippen LogP contribution in [0, 0.1) is 0 Å². The molecule has 0 radical (unpaired) electrons. The second kappa shape index (κ2) is 10.9. The van der Waals surface area contributed by atoms with Crippen molar-refractivity contribution >= 4 is 33.4 Å². The maximum absolute atomic E-state index is 12.7. The molecule has 0 unspecified atom stereocenters. The molecule has 2 aromatic rings. The van der Waals surface area contributed by atoms with E-state index in [1.54, 1.807) is 4.90 Å². The van der Waals surface area contributed by atoms with E-state index in [2.05, 4.69) is 10.0 Å². The third-order valence-electron chi connectivity index (χ3n) is 5.21. The Morgan fingerprint density at radius 2 is 1.62 bits per heavy atom. The highest BCUT2D eigenvalue weighted by Gasteiger charge is 2.28. The van der Waals surface area contributed by atoms with E-state index < -0.39 is 16.1 Å². The molecule has 10 heteroatoms. The number of nitrogens with one attached hydrogen (secondary N) is 2. The lowest BCUT2D eigenvalue weighted by atomic mass is 10.2. The van der Waals surface area contributed by atoms with E-state index in [4.69, 9.17) is 11.6 Å². The number of rotatable bonds is 8. The molecule has 8 nitrogen and oxygen atoms in total. The number of carbonyl (C=O) groups excluding carboxylic acids is 2. The maximum atomic E-state index is 12.7. The Labute approximate surface area is 193 Å². The van der Waals surface area contributed by atoms with Gasteiger partial charge in [0.05, 0.1) is 17.5 Å². The Hall–Kier alpha value is -2.46. The van der Waals surface area contributed by atoms with Crippen LogP contribution in [0.1, 0.15) is 12.5 Å². The summed E-state index contributed by atoms with van der Waals surface area (Å²) in [7, 11) is -3.84. The number of amides is 2. The monoisotopic (exact) mass is 478 g/mol. The average Bonchev–Trinajstić information content (AvgIpc) is 2.78. The summed E-state index contributed by atoms with van der Waals surface area (Å²) in [5.41, 5.74) is 1.03. The summed E-state index contributed by atoms with van der Waals surface area (Å²) in [6.45, 7) is 4.20. The van der Waals surface area contributed by atoms with Gasteiger partial charge in [0.2, 0.25) is 21.8 Å².